The molecule has 6 heteroatoms. The van der Waals surface area contributed by atoms with Crippen molar-refractivity contribution in [3.63, 3.8) is 0 Å². The van der Waals surface area contributed by atoms with Crippen LogP contribution >= 0.6 is 0 Å². The molecule has 0 aromatic carbocycles. The monoisotopic (exact) mass is 316 g/mol. The Hall–Kier alpha value is -1.14. The Morgan fingerprint density at radius 1 is 0.955 bits per heavy atom. The molecule has 130 valence electrons. The van der Waals surface area contributed by atoms with Gasteiger partial charge in [0, 0.05) is 6.42 Å². The van der Waals surface area contributed by atoms with E-state index in [4.69, 9.17) is 0 Å². The second-order valence-electron chi connectivity index (χ2n) is 5.66. The fourth-order valence-corrected chi connectivity index (χ4v) is 2.13. The molecule has 0 radical (unpaired) electrons. The molecule has 0 spiro atoms. The van der Waals surface area contributed by atoms with E-state index in [1.165, 1.54) is 32.8 Å². The molecule has 22 heavy (non-hydrogen) atoms. The minimum atomic E-state index is -0.434. The van der Waals surface area contributed by atoms with Gasteiger partial charge in [0.1, 0.15) is 0 Å². The molecule has 1 amide bonds. The zero-order valence-corrected chi connectivity index (χ0v) is 14.3. The van der Waals surface area contributed by atoms with Crippen LogP contribution in [0.25, 0.3) is 0 Å². The normalized spacial score (nSPS) is 10.8. The molecule has 0 saturated heterocycles. The summed E-state index contributed by atoms with van der Waals surface area (Å²) >= 11 is 0. The molecule has 1 N–H and O–H groups in total. The van der Waals surface area contributed by atoms with Gasteiger partial charge in [0.05, 0.1) is 20.1 Å². The topological polar surface area (TPSA) is 70.1 Å². The van der Waals surface area contributed by atoms with Gasteiger partial charge in [-0.2, -0.15) is 0 Å². The molecule has 0 atom stereocenters. The van der Waals surface area contributed by atoms with Crippen molar-refractivity contribution >= 4 is 11.9 Å². The van der Waals surface area contributed by atoms with Crippen LogP contribution in [0.5, 0.6) is 0 Å². The summed E-state index contributed by atoms with van der Waals surface area (Å²) in [5.74, 6) is -0.772. The Labute approximate surface area is 134 Å². The van der Waals surface area contributed by atoms with E-state index in [9.17, 15) is 14.8 Å². The molecule has 0 rings (SSSR count). The van der Waals surface area contributed by atoms with E-state index in [1.807, 2.05) is 0 Å². The zero-order valence-electron chi connectivity index (χ0n) is 14.3. The first-order valence-corrected chi connectivity index (χ1v) is 8.25. The molecule has 6 nitrogen and oxygen atoms in total. The summed E-state index contributed by atoms with van der Waals surface area (Å²) in [6, 6.07) is 0. The predicted molar refractivity (Wildman–Crippen MR) is 85.6 cm³/mol. The van der Waals surface area contributed by atoms with E-state index < -0.39 is 5.97 Å². The van der Waals surface area contributed by atoms with Gasteiger partial charge in [0.25, 0.3) is 0 Å². The largest absolute Gasteiger partial charge is 0.469 e. The van der Waals surface area contributed by atoms with Crippen LogP contribution in [0.1, 0.15) is 58.3 Å². The highest BCUT2D eigenvalue weighted by Crippen LogP contribution is 2.04. The summed E-state index contributed by atoms with van der Waals surface area (Å²) in [6.07, 6.45) is 7.04. The molecule has 0 bridgehead atoms. The third-order valence-electron chi connectivity index (χ3n) is 3.62. The number of hydroxylamine groups is 2. The number of ether oxygens (including phenoxy) is 1. The molecule has 0 unspecified atom stereocenters. The minimum Gasteiger partial charge on any atom is -0.469 e. The highest BCUT2D eigenvalue weighted by atomic mass is 16.5. The van der Waals surface area contributed by atoms with Crippen molar-refractivity contribution in [2.24, 2.45) is 0 Å². The van der Waals surface area contributed by atoms with E-state index in [-0.39, 0.29) is 18.9 Å². The Morgan fingerprint density at radius 2 is 1.59 bits per heavy atom. The van der Waals surface area contributed by atoms with Crippen LogP contribution in [-0.4, -0.2) is 60.8 Å². The number of hydrogen-bond acceptors (Lipinski definition) is 5. The van der Waals surface area contributed by atoms with Crippen molar-refractivity contribution < 1.29 is 19.5 Å². The molecule has 0 aliphatic carbocycles. The van der Waals surface area contributed by atoms with Gasteiger partial charge in [-0.05, 0) is 39.4 Å². The van der Waals surface area contributed by atoms with Gasteiger partial charge in [-0.3, -0.25) is 14.8 Å². The molecular formula is C16H32N2O4. The summed E-state index contributed by atoms with van der Waals surface area (Å²) in [5, 5.41) is 10.1. The van der Waals surface area contributed by atoms with E-state index >= 15 is 0 Å². The third kappa shape index (κ3) is 11.5. The van der Waals surface area contributed by atoms with E-state index in [0.717, 1.165) is 25.9 Å². The highest BCUT2D eigenvalue weighted by molar-refractivity contribution is 5.76. The lowest BCUT2D eigenvalue weighted by Crippen LogP contribution is -2.30. The zero-order chi connectivity index (χ0) is 16.8. The maximum Gasteiger partial charge on any atom is 0.307 e. The second kappa shape index (κ2) is 13.5. The number of nitrogens with zero attached hydrogens (tertiary/aromatic N) is 2. The number of methoxy groups -OCH3 is 1. The molecule has 0 aromatic heterocycles. The average Bonchev–Trinajstić information content (AvgIpc) is 2.52. The first-order chi connectivity index (χ1) is 10.5. The van der Waals surface area contributed by atoms with Crippen LogP contribution in [0.4, 0.5) is 0 Å². The standard InChI is InChI=1S/C16H32N2O4/c1-4-5-6-8-12-17(2)13-9-7-10-15(19)18(21)14-11-16(20)22-3/h21H,4-14H2,1-3H3. The highest BCUT2D eigenvalue weighted by Gasteiger charge is 2.12. The minimum absolute atomic E-state index is 0.0111. The number of rotatable bonds is 13. The van der Waals surface area contributed by atoms with Gasteiger partial charge in [-0.15, -0.1) is 0 Å². The van der Waals surface area contributed by atoms with Crippen molar-refractivity contribution in [3.8, 4) is 0 Å². The number of unbranched alkanes of at least 4 members (excludes halogenated alkanes) is 4. The Bertz CT molecular complexity index is 311. The van der Waals surface area contributed by atoms with E-state index in [0.29, 0.717) is 11.5 Å². The fourth-order valence-electron chi connectivity index (χ4n) is 2.13. The van der Waals surface area contributed by atoms with Gasteiger partial charge < -0.3 is 9.64 Å². The van der Waals surface area contributed by atoms with Gasteiger partial charge in [0.15, 0.2) is 0 Å². The van der Waals surface area contributed by atoms with Crippen molar-refractivity contribution in [1.82, 2.24) is 9.96 Å². The molecule has 0 aliphatic heterocycles. The SMILES string of the molecule is CCCCCCN(C)CCCCC(=O)N(O)CCC(=O)OC. The lowest BCUT2D eigenvalue weighted by molar-refractivity contribution is -0.167. The maximum absolute atomic E-state index is 11.6. The number of amides is 1. The Balaban J connectivity index is 3.60. The summed E-state index contributed by atoms with van der Waals surface area (Å²) in [5.41, 5.74) is 0. The lowest BCUT2D eigenvalue weighted by Gasteiger charge is -2.17. The molecule has 0 heterocycles. The number of esters is 1. The van der Waals surface area contributed by atoms with E-state index in [1.54, 1.807) is 0 Å². The fraction of sp³-hybridized carbons (Fsp3) is 0.875. The first-order valence-electron chi connectivity index (χ1n) is 8.25. The predicted octanol–water partition coefficient (Wildman–Crippen LogP) is 2.45. The van der Waals surface area contributed by atoms with E-state index in [2.05, 4.69) is 23.6 Å². The second-order valence-corrected chi connectivity index (χ2v) is 5.66. The molecule has 0 fully saturated rings. The lowest BCUT2D eigenvalue weighted by atomic mass is 10.2. The smallest absolute Gasteiger partial charge is 0.307 e. The molecule has 0 saturated carbocycles. The van der Waals surface area contributed by atoms with Crippen LogP contribution in [0.3, 0.4) is 0 Å². The summed E-state index contributed by atoms with van der Waals surface area (Å²) in [6.45, 7) is 4.26. The summed E-state index contributed by atoms with van der Waals surface area (Å²) in [4.78, 5) is 24.9. The van der Waals surface area contributed by atoms with Gasteiger partial charge in [-0.1, -0.05) is 26.2 Å². The van der Waals surface area contributed by atoms with Crippen LogP contribution in [0.15, 0.2) is 0 Å². The Morgan fingerprint density at radius 3 is 2.18 bits per heavy atom. The van der Waals surface area contributed by atoms with Crippen molar-refractivity contribution in [1.29, 1.82) is 0 Å². The third-order valence-corrected chi connectivity index (χ3v) is 3.62. The summed E-state index contributed by atoms with van der Waals surface area (Å²) < 4.78 is 4.46. The van der Waals surface area contributed by atoms with Crippen LogP contribution in [0, 0.1) is 0 Å². The van der Waals surface area contributed by atoms with Crippen LogP contribution in [-0.2, 0) is 14.3 Å². The van der Waals surface area contributed by atoms with Crippen molar-refractivity contribution in [2.45, 2.75) is 58.3 Å². The number of hydrogen-bond donors (Lipinski definition) is 1. The number of carbonyl (C=O) groups excluding carboxylic acids is 2. The van der Waals surface area contributed by atoms with Gasteiger partial charge >= 0.3 is 5.97 Å². The molecular weight excluding hydrogens is 284 g/mol. The average molecular weight is 316 g/mol. The Kier molecular flexibility index (Phi) is 12.8. The van der Waals surface area contributed by atoms with Crippen LogP contribution < -0.4 is 0 Å². The molecule has 0 aliphatic rings. The van der Waals surface area contributed by atoms with Crippen molar-refractivity contribution in [2.75, 3.05) is 33.8 Å². The number of carbonyl (C=O) groups is 2. The van der Waals surface area contributed by atoms with Crippen LogP contribution in [0.2, 0.25) is 0 Å². The van der Waals surface area contributed by atoms with Gasteiger partial charge in [-0.25, -0.2) is 5.06 Å². The maximum atomic E-state index is 11.6. The quantitative estimate of drug-likeness (QED) is 0.245. The first kappa shape index (κ1) is 20.9. The van der Waals surface area contributed by atoms with Gasteiger partial charge in [0.2, 0.25) is 5.91 Å². The molecule has 0 aromatic rings. The van der Waals surface area contributed by atoms with Crippen molar-refractivity contribution in [3.05, 3.63) is 0 Å². The summed E-state index contributed by atoms with van der Waals surface area (Å²) in [7, 11) is 3.38.